The van der Waals surface area contributed by atoms with Crippen molar-refractivity contribution in [2.45, 2.75) is 35.5 Å². The van der Waals surface area contributed by atoms with Gasteiger partial charge in [-0.05, 0) is 0 Å². The summed E-state index contributed by atoms with van der Waals surface area (Å²) in [5.41, 5.74) is 0. The molecule has 0 aromatic carbocycles. The van der Waals surface area contributed by atoms with Crippen molar-refractivity contribution in [1.29, 1.82) is 0 Å². The highest BCUT2D eigenvalue weighted by molar-refractivity contribution is 5.77. The molecule has 1 aliphatic rings. The minimum atomic E-state index is -7.45. The lowest BCUT2D eigenvalue weighted by Gasteiger charge is -2.51. The SMILES string of the molecule is O=C(CO)OCC(=O)OC1(F)C(F)(F)C(F)(F)C(F)(F)C(F)(F)C1(F)F. The van der Waals surface area contributed by atoms with Crippen LogP contribution in [-0.2, 0) is 19.1 Å². The Morgan fingerprint density at radius 3 is 1.35 bits per heavy atom. The molecule has 0 aromatic rings. The summed E-state index contributed by atoms with van der Waals surface area (Å²) in [6.45, 7) is -3.56. The largest absolute Gasteiger partial charge is 0.452 e. The van der Waals surface area contributed by atoms with E-state index >= 15 is 0 Å². The van der Waals surface area contributed by atoms with Crippen molar-refractivity contribution < 1.29 is 72.5 Å². The number of ether oxygens (including phenoxy) is 2. The second-order valence-electron chi connectivity index (χ2n) is 4.76. The molecule has 152 valence electrons. The van der Waals surface area contributed by atoms with Gasteiger partial charge in [0.25, 0.3) is 0 Å². The van der Waals surface area contributed by atoms with Crippen LogP contribution in [0.15, 0.2) is 0 Å². The van der Waals surface area contributed by atoms with Crippen molar-refractivity contribution in [3.05, 3.63) is 0 Å². The Morgan fingerprint density at radius 2 is 1.00 bits per heavy atom. The van der Waals surface area contributed by atoms with Crippen LogP contribution in [-0.4, -0.2) is 65.7 Å². The van der Waals surface area contributed by atoms with Gasteiger partial charge in [-0.3, -0.25) is 0 Å². The fourth-order valence-electron chi connectivity index (χ4n) is 1.69. The van der Waals surface area contributed by atoms with Crippen molar-refractivity contribution in [2.75, 3.05) is 13.2 Å². The molecule has 0 spiro atoms. The molecule has 1 saturated carbocycles. The monoisotopic (exact) mass is 414 g/mol. The molecule has 0 aromatic heterocycles. The smallest absolute Gasteiger partial charge is 0.391 e. The zero-order chi connectivity index (χ0) is 21.0. The number of alkyl halides is 11. The van der Waals surface area contributed by atoms with Gasteiger partial charge in [0.2, 0.25) is 0 Å². The van der Waals surface area contributed by atoms with Crippen LogP contribution in [0.2, 0.25) is 0 Å². The van der Waals surface area contributed by atoms with E-state index in [1.807, 2.05) is 0 Å². The quantitative estimate of drug-likeness (QED) is 0.563. The standard InChI is InChI=1S/C10H5F11O5/c11-5(12)6(13,14)8(17,18)10(21,9(19,20)7(5,15)16)26-4(24)2-25-3(23)1-22/h22H,1-2H2. The van der Waals surface area contributed by atoms with E-state index in [0.717, 1.165) is 0 Å². The van der Waals surface area contributed by atoms with Gasteiger partial charge in [0, 0.05) is 0 Å². The second-order valence-corrected chi connectivity index (χ2v) is 4.76. The molecule has 1 rings (SSSR count). The van der Waals surface area contributed by atoms with Gasteiger partial charge in [-0.2, -0.15) is 48.3 Å². The topological polar surface area (TPSA) is 72.8 Å². The molecular weight excluding hydrogens is 409 g/mol. The first-order valence-corrected chi connectivity index (χ1v) is 5.91. The molecule has 0 atom stereocenters. The van der Waals surface area contributed by atoms with Crippen LogP contribution >= 0.6 is 0 Å². The highest BCUT2D eigenvalue weighted by Crippen LogP contribution is 2.69. The number of hydrogen-bond acceptors (Lipinski definition) is 5. The van der Waals surface area contributed by atoms with Crippen LogP contribution in [0, 0.1) is 0 Å². The zero-order valence-corrected chi connectivity index (χ0v) is 11.7. The van der Waals surface area contributed by atoms with Gasteiger partial charge in [0.15, 0.2) is 6.61 Å². The number of esters is 2. The first kappa shape index (κ1) is 22.2. The summed E-state index contributed by atoms with van der Waals surface area (Å²) in [6.07, 6.45) is 0. The average molecular weight is 414 g/mol. The van der Waals surface area contributed by atoms with Crippen LogP contribution in [0.25, 0.3) is 0 Å². The predicted octanol–water partition coefficient (Wildman–Crippen LogP) is 1.92. The van der Waals surface area contributed by atoms with E-state index in [9.17, 15) is 57.9 Å². The number of carbonyl (C=O) groups is 2. The number of carbonyl (C=O) groups excluding carboxylic acids is 2. The third-order valence-corrected chi connectivity index (χ3v) is 3.12. The Hall–Kier alpha value is -1.87. The first-order valence-electron chi connectivity index (χ1n) is 5.91. The molecule has 0 radical (unpaired) electrons. The maximum absolute atomic E-state index is 13.9. The van der Waals surface area contributed by atoms with Gasteiger partial charge in [-0.1, -0.05) is 0 Å². The molecule has 1 aliphatic carbocycles. The Labute approximate surface area is 134 Å². The van der Waals surface area contributed by atoms with Crippen LogP contribution < -0.4 is 0 Å². The molecule has 16 heteroatoms. The van der Waals surface area contributed by atoms with Gasteiger partial charge in [0.1, 0.15) is 6.61 Å². The summed E-state index contributed by atoms with van der Waals surface area (Å²) < 4.78 is 151. The highest BCUT2D eigenvalue weighted by atomic mass is 19.4. The van der Waals surface area contributed by atoms with Crippen molar-refractivity contribution in [2.24, 2.45) is 0 Å². The normalized spacial score (nSPS) is 26.6. The van der Waals surface area contributed by atoms with E-state index in [2.05, 4.69) is 9.47 Å². The summed E-state index contributed by atoms with van der Waals surface area (Å²) >= 11 is 0. The molecular formula is C10H5F11O5. The number of rotatable bonds is 4. The van der Waals surface area contributed by atoms with Crippen LogP contribution in [0.3, 0.4) is 0 Å². The summed E-state index contributed by atoms with van der Waals surface area (Å²) in [4.78, 5) is 21.4. The summed E-state index contributed by atoms with van der Waals surface area (Å²) in [5, 5.41) is 8.16. The van der Waals surface area contributed by atoms with Crippen molar-refractivity contribution in [3.8, 4) is 0 Å². The molecule has 0 amide bonds. The van der Waals surface area contributed by atoms with E-state index < -0.39 is 60.6 Å². The van der Waals surface area contributed by atoms with E-state index in [1.165, 1.54) is 0 Å². The Morgan fingerprint density at radius 1 is 0.654 bits per heavy atom. The third-order valence-electron chi connectivity index (χ3n) is 3.12. The Balaban J connectivity index is 3.42. The predicted molar refractivity (Wildman–Crippen MR) is 52.7 cm³/mol. The van der Waals surface area contributed by atoms with Crippen molar-refractivity contribution in [1.82, 2.24) is 0 Å². The molecule has 1 fully saturated rings. The molecule has 0 unspecified atom stereocenters. The van der Waals surface area contributed by atoms with Gasteiger partial charge in [-0.25, -0.2) is 9.59 Å². The molecule has 0 heterocycles. The van der Waals surface area contributed by atoms with E-state index in [1.54, 1.807) is 0 Å². The number of hydrogen-bond donors (Lipinski definition) is 1. The molecule has 0 aliphatic heterocycles. The van der Waals surface area contributed by atoms with Crippen molar-refractivity contribution in [3.63, 3.8) is 0 Å². The summed E-state index contributed by atoms with van der Waals surface area (Å²) in [7, 11) is 0. The van der Waals surface area contributed by atoms with Gasteiger partial charge in [-0.15, -0.1) is 0 Å². The zero-order valence-electron chi connectivity index (χ0n) is 11.7. The minimum Gasteiger partial charge on any atom is -0.452 e. The maximum atomic E-state index is 13.9. The maximum Gasteiger partial charge on any atom is 0.391 e. The lowest BCUT2D eigenvalue weighted by molar-refractivity contribution is -0.518. The average Bonchev–Trinajstić information content (AvgIpc) is 2.50. The lowest BCUT2D eigenvalue weighted by Crippen LogP contribution is -2.84. The fraction of sp³-hybridized carbons (Fsp3) is 0.800. The van der Waals surface area contributed by atoms with E-state index in [-0.39, 0.29) is 0 Å². The van der Waals surface area contributed by atoms with Crippen LogP contribution in [0.5, 0.6) is 0 Å². The minimum absolute atomic E-state index is 1.48. The Bertz CT molecular complexity index is 572. The van der Waals surface area contributed by atoms with Crippen LogP contribution in [0.1, 0.15) is 0 Å². The third kappa shape index (κ3) is 2.40. The molecule has 1 N–H and O–H groups in total. The fourth-order valence-corrected chi connectivity index (χ4v) is 1.69. The van der Waals surface area contributed by atoms with Crippen LogP contribution in [0.4, 0.5) is 48.3 Å². The molecule has 0 saturated heterocycles. The summed E-state index contributed by atoms with van der Waals surface area (Å²) in [6, 6.07) is 0. The van der Waals surface area contributed by atoms with E-state index in [0.29, 0.717) is 0 Å². The molecule has 5 nitrogen and oxygen atoms in total. The van der Waals surface area contributed by atoms with Crippen molar-refractivity contribution >= 4 is 11.9 Å². The first-order chi connectivity index (χ1) is 11.3. The summed E-state index contributed by atoms with van der Waals surface area (Å²) in [5.74, 6) is -48.5. The Kier molecular flexibility index (Phi) is 4.96. The van der Waals surface area contributed by atoms with Gasteiger partial charge >= 0.3 is 47.4 Å². The number of aliphatic hydroxyl groups is 1. The van der Waals surface area contributed by atoms with Gasteiger partial charge < -0.3 is 14.6 Å². The molecule has 0 bridgehead atoms. The van der Waals surface area contributed by atoms with Gasteiger partial charge in [0.05, 0.1) is 0 Å². The highest BCUT2D eigenvalue weighted by Gasteiger charge is 3.03. The number of halogens is 11. The van der Waals surface area contributed by atoms with E-state index in [4.69, 9.17) is 5.11 Å². The molecule has 26 heavy (non-hydrogen) atoms. The number of aliphatic hydroxyl groups excluding tert-OH is 1. The second kappa shape index (κ2) is 5.82. The lowest BCUT2D eigenvalue weighted by atomic mass is 9.78.